The summed E-state index contributed by atoms with van der Waals surface area (Å²) in [5.41, 5.74) is -0.562. The Kier molecular flexibility index (Phi) is 5.48. The van der Waals surface area contributed by atoms with Crippen LogP contribution in [0.3, 0.4) is 0 Å². The van der Waals surface area contributed by atoms with Crippen molar-refractivity contribution in [1.82, 2.24) is 19.5 Å². The lowest BCUT2D eigenvalue weighted by Gasteiger charge is -2.27. The summed E-state index contributed by atoms with van der Waals surface area (Å²) in [6.07, 6.45) is 2.37. The molecule has 0 bridgehead atoms. The number of hydrogen-bond acceptors (Lipinski definition) is 8. The SMILES string of the molecule is CC(C)(C)OC(=O)N(C(=O)OC(C)(C)C)c1ncc2ncn(CC[C@@H]3CO3)c2n1. The molecule has 3 rings (SSSR count). The largest absolute Gasteiger partial charge is 0.443 e. The normalized spacial score (nSPS) is 16.6. The van der Waals surface area contributed by atoms with Crippen LogP contribution >= 0.6 is 0 Å². The standard InChI is InChI=1S/C19H27N5O5/c1-18(2,3)28-16(25)24(17(26)29-19(4,5)6)15-20-9-13-14(22-15)23(11-21-13)8-7-12-10-27-12/h9,11-12H,7-8,10H2,1-6H3/t12-/m1/s1. The van der Waals surface area contributed by atoms with Crippen molar-refractivity contribution in [2.45, 2.75) is 71.8 Å². The van der Waals surface area contributed by atoms with E-state index in [2.05, 4.69) is 15.0 Å². The maximum Gasteiger partial charge on any atom is 0.427 e. The van der Waals surface area contributed by atoms with Gasteiger partial charge in [0.2, 0.25) is 5.95 Å². The fourth-order valence-electron chi connectivity index (χ4n) is 2.49. The third-order valence-corrected chi connectivity index (χ3v) is 3.79. The average Bonchev–Trinajstić information content (AvgIpc) is 3.29. The zero-order chi connectivity index (χ0) is 21.4. The van der Waals surface area contributed by atoms with Crippen LogP contribution in [0.2, 0.25) is 0 Å². The molecule has 10 heteroatoms. The molecular formula is C19H27N5O5. The maximum atomic E-state index is 12.8. The summed E-state index contributed by atoms with van der Waals surface area (Å²) in [5, 5.41) is 0. The van der Waals surface area contributed by atoms with E-state index in [1.54, 1.807) is 47.9 Å². The highest BCUT2D eigenvalue weighted by molar-refractivity contribution is 6.08. The van der Waals surface area contributed by atoms with Crippen LogP contribution < -0.4 is 4.90 Å². The van der Waals surface area contributed by atoms with Gasteiger partial charge in [0.05, 0.1) is 25.2 Å². The molecule has 0 spiro atoms. The Balaban J connectivity index is 1.94. The number of hydrogen-bond donors (Lipinski definition) is 0. The number of epoxide rings is 1. The molecule has 0 radical (unpaired) electrons. The predicted molar refractivity (Wildman–Crippen MR) is 105 cm³/mol. The van der Waals surface area contributed by atoms with Gasteiger partial charge in [-0.25, -0.2) is 19.6 Å². The van der Waals surface area contributed by atoms with Gasteiger partial charge < -0.3 is 18.8 Å². The van der Waals surface area contributed by atoms with Crippen molar-refractivity contribution in [3.8, 4) is 0 Å². The Hall–Kier alpha value is -2.75. The number of anilines is 1. The van der Waals surface area contributed by atoms with Crippen LogP contribution in [0.25, 0.3) is 11.2 Å². The molecule has 2 amide bonds. The first-order valence-corrected chi connectivity index (χ1v) is 9.48. The fraction of sp³-hybridized carbons (Fsp3) is 0.632. The van der Waals surface area contributed by atoms with Gasteiger partial charge in [-0.15, -0.1) is 4.90 Å². The van der Waals surface area contributed by atoms with Gasteiger partial charge in [0.1, 0.15) is 16.7 Å². The second-order valence-corrected chi connectivity index (χ2v) is 8.86. The summed E-state index contributed by atoms with van der Waals surface area (Å²) in [4.78, 5) is 39.0. The number of aromatic nitrogens is 4. The van der Waals surface area contributed by atoms with Crippen LogP contribution in [0.4, 0.5) is 15.5 Å². The summed E-state index contributed by atoms with van der Waals surface area (Å²) in [7, 11) is 0. The quantitative estimate of drug-likeness (QED) is 0.712. The topological polar surface area (TPSA) is 112 Å². The van der Waals surface area contributed by atoms with Crippen LogP contribution in [0, 0.1) is 0 Å². The number of carbonyl (C=O) groups excluding carboxylic acids is 2. The zero-order valence-corrected chi connectivity index (χ0v) is 17.6. The van der Waals surface area contributed by atoms with Crippen LogP contribution in [-0.4, -0.2) is 55.6 Å². The third kappa shape index (κ3) is 5.63. The highest BCUT2D eigenvalue weighted by Gasteiger charge is 2.35. The van der Waals surface area contributed by atoms with Gasteiger partial charge in [0.15, 0.2) is 5.65 Å². The minimum absolute atomic E-state index is 0.134. The Morgan fingerprint density at radius 3 is 2.24 bits per heavy atom. The highest BCUT2D eigenvalue weighted by atomic mass is 16.6. The number of imidazole rings is 1. The zero-order valence-electron chi connectivity index (χ0n) is 17.6. The van der Waals surface area contributed by atoms with Gasteiger partial charge in [0.25, 0.3) is 0 Å². The molecule has 0 N–H and O–H groups in total. The van der Waals surface area contributed by atoms with Crippen molar-refractivity contribution in [3.63, 3.8) is 0 Å². The fourth-order valence-corrected chi connectivity index (χ4v) is 2.49. The molecule has 2 aromatic rings. The van der Waals surface area contributed by atoms with Crippen molar-refractivity contribution in [1.29, 1.82) is 0 Å². The molecule has 158 valence electrons. The van der Waals surface area contributed by atoms with E-state index in [4.69, 9.17) is 14.2 Å². The summed E-state index contributed by atoms with van der Waals surface area (Å²) >= 11 is 0. The molecule has 10 nitrogen and oxygen atoms in total. The molecule has 1 saturated heterocycles. The predicted octanol–water partition coefficient (Wildman–Crippen LogP) is 3.29. The number of carbonyl (C=O) groups is 2. The van der Waals surface area contributed by atoms with Crippen molar-refractivity contribution in [2.24, 2.45) is 0 Å². The van der Waals surface area contributed by atoms with Crippen molar-refractivity contribution >= 4 is 29.3 Å². The molecule has 0 saturated carbocycles. The first-order valence-electron chi connectivity index (χ1n) is 9.48. The molecule has 1 fully saturated rings. The van der Waals surface area contributed by atoms with E-state index >= 15 is 0 Å². The second-order valence-electron chi connectivity index (χ2n) is 8.86. The Morgan fingerprint density at radius 2 is 1.72 bits per heavy atom. The highest BCUT2D eigenvalue weighted by Crippen LogP contribution is 2.22. The van der Waals surface area contributed by atoms with Gasteiger partial charge in [-0.05, 0) is 48.0 Å². The summed E-state index contributed by atoms with van der Waals surface area (Å²) in [5.74, 6) is -0.134. The van der Waals surface area contributed by atoms with Crippen molar-refractivity contribution in [3.05, 3.63) is 12.5 Å². The number of imide groups is 1. The summed E-state index contributed by atoms with van der Waals surface area (Å²) < 4.78 is 17.8. The number of rotatable bonds is 4. The lowest BCUT2D eigenvalue weighted by molar-refractivity contribution is 0.0427. The van der Waals surface area contributed by atoms with Crippen molar-refractivity contribution < 1.29 is 23.8 Å². The lowest BCUT2D eigenvalue weighted by atomic mass is 10.2. The minimum Gasteiger partial charge on any atom is -0.443 e. The van der Waals surface area contributed by atoms with Crippen LogP contribution in [0.1, 0.15) is 48.0 Å². The van der Waals surface area contributed by atoms with E-state index in [-0.39, 0.29) is 12.1 Å². The minimum atomic E-state index is -0.913. The van der Waals surface area contributed by atoms with Gasteiger partial charge in [-0.1, -0.05) is 0 Å². The van der Waals surface area contributed by atoms with Gasteiger partial charge in [-0.3, -0.25) is 0 Å². The van der Waals surface area contributed by atoms with E-state index in [1.807, 2.05) is 4.57 Å². The number of aryl methyl sites for hydroxylation is 1. The van der Waals surface area contributed by atoms with E-state index in [0.29, 0.717) is 22.6 Å². The smallest absolute Gasteiger partial charge is 0.427 e. The van der Waals surface area contributed by atoms with Crippen LogP contribution in [0.5, 0.6) is 0 Å². The first-order chi connectivity index (χ1) is 13.4. The van der Waals surface area contributed by atoms with Gasteiger partial charge >= 0.3 is 12.2 Å². The number of ether oxygens (including phenoxy) is 3. The van der Waals surface area contributed by atoms with E-state index < -0.39 is 23.4 Å². The van der Waals surface area contributed by atoms with Gasteiger partial charge in [0, 0.05) is 6.54 Å². The monoisotopic (exact) mass is 405 g/mol. The van der Waals surface area contributed by atoms with Crippen LogP contribution in [-0.2, 0) is 20.8 Å². The molecule has 3 heterocycles. The molecule has 1 aliphatic heterocycles. The maximum absolute atomic E-state index is 12.8. The number of amides is 2. The van der Waals surface area contributed by atoms with Crippen molar-refractivity contribution in [2.75, 3.05) is 11.5 Å². The number of nitrogens with zero attached hydrogens (tertiary/aromatic N) is 5. The Labute approximate surface area is 169 Å². The summed E-state index contributed by atoms with van der Waals surface area (Å²) in [6.45, 7) is 11.6. The molecule has 1 aliphatic rings. The third-order valence-electron chi connectivity index (χ3n) is 3.79. The molecule has 0 unspecified atom stereocenters. The first kappa shape index (κ1) is 21.0. The van der Waals surface area contributed by atoms with E-state index in [1.165, 1.54) is 6.20 Å². The molecule has 2 aromatic heterocycles. The van der Waals surface area contributed by atoms with E-state index in [0.717, 1.165) is 13.0 Å². The molecule has 0 aliphatic carbocycles. The average molecular weight is 405 g/mol. The second kappa shape index (κ2) is 7.58. The summed E-state index contributed by atoms with van der Waals surface area (Å²) in [6, 6.07) is 0. The lowest BCUT2D eigenvalue weighted by Crippen LogP contribution is -2.44. The van der Waals surface area contributed by atoms with E-state index in [9.17, 15) is 9.59 Å². The molecule has 0 aromatic carbocycles. The Morgan fingerprint density at radius 1 is 1.14 bits per heavy atom. The Bertz CT molecular complexity index is 880. The molecule has 1 atom stereocenters. The van der Waals surface area contributed by atoms with Crippen LogP contribution in [0.15, 0.2) is 12.5 Å². The molecule has 29 heavy (non-hydrogen) atoms. The molecular weight excluding hydrogens is 378 g/mol. The van der Waals surface area contributed by atoms with Gasteiger partial charge in [-0.2, -0.15) is 4.98 Å². The number of fused-ring (bicyclic) bond motifs is 1.